The van der Waals surface area contributed by atoms with Crippen molar-refractivity contribution in [3.05, 3.63) is 87.1 Å². The van der Waals surface area contributed by atoms with Crippen LogP contribution in [-0.2, 0) is 0 Å². The van der Waals surface area contributed by atoms with Gasteiger partial charge in [-0.3, -0.25) is 0 Å². The van der Waals surface area contributed by atoms with Crippen LogP contribution >= 0.6 is 22.9 Å². The molecule has 0 radical (unpaired) electrons. The number of fused-ring (bicyclic) bond motifs is 3. The van der Waals surface area contributed by atoms with Gasteiger partial charge in [0.25, 0.3) is 0 Å². The van der Waals surface area contributed by atoms with Crippen LogP contribution in [0.4, 0.5) is 0 Å². The van der Waals surface area contributed by atoms with Crippen LogP contribution in [0.15, 0.2) is 71.1 Å². The normalized spacial score (nSPS) is 21.3. The van der Waals surface area contributed by atoms with Crippen molar-refractivity contribution in [2.75, 3.05) is 0 Å². The molecular weight excluding hydrogens is 352 g/mol. The standard InChI is InChI=1S/C20H15ClN2OS/c21-14-9-7-13(8-10-14)16-12-17-15-4-1-2-5-18(15)24-20(23(17)22-16)19-6-3-11-25-19/h1-11,17,20H,12H2/t17-,20-/m0/s1. The first-order valence-corrected chi connectivity index (χ1v) is 9.46. The predicted molar refractivity (Wildman–Crippen MR) is 101 cm³/mol. The van der Waals surface area contributed by atoms with Crippen LogP contribution < -0.4 is 4.74 Å². The van der Waals surface area contributed by atoms with Crippen LogP contribution in [0.25, 0.3) is 0 Å². The lowest BCUT2D eigenvalue weighted by Crippen LogP contribution is -2.33. The van der Waals surface area contributed by atoms with Gasteiger partial charge >= 0.3 is 0 Å². The van der Waals surface area contributed by atoms with E-state index in [4.69, 9.17) is 21.4 Å². The third-order valence-corrected chi connectivity index (χ3v) is 5.82. The zero-order valence-corrected chi connectivity index (χ0v) is 14.9. The summed E-state index contributed by atoms with van der Waals surface area (Å²) in [4.78, 5) is 1.17. The molecule has 0 aliphatic carbocycles. The number of ether oxygens (including phenoxy) is 1. The van der Waals surface area contributed by atoms with Gasteiger partial charge in [-0.2, -0.15) is 5.10 Å². The SMILES string of the molecule is Clc1ccc(C2=NN3[C@@H](C2)c2ccccc2O[C@H]3c2cccs2)cc1. The fourth-order valence-corrected chi connectivity index (χ4v) is 4.34. The summed E-state index contributed by atoms with van der Waals surface area (Å²) in [5.41, 5.74) is 3.38. The first-order chi connectivity index (χ1) is 12.3. The Labute approximate surface area is 155 Å². The largest absolute Gasteiger partial charge is 0.464 e. The summed E-state index contributed by atoms with van der Waals surface area (Å²) < 4.78 is 6.30. The van der Waals surface area contributed by atoms with Gasteiger partial charge in [-0.1, -0.05) is 48.0 Å². The third kappa shape index (κ3) is 2.53. The quantitative estimate of drug-likeness (QED) is 0.586. The van der Waals surface area contributed by atoms with Gasteiger partial charge in [0.2, 0.25) is 6.23 Å². The topological polar surface area (TPSA) is 24.8 Å². The molecule has 0 saturated heterocycles. The monoisotopic (exact) mass is 366 g/mol. The average Bonchev–Trinajstić information content (AvgIpc) is 3.32. The summed E-state index contributed by atoms with van der Waals surface area (Å²) in [6, 6.07) is 20.5. The van der Waals surface area contributed by atoms with Crippen LogP contribution in [0, 0.1) is 0 Å². The molecule has 25 heavy (non-hydrogen) atoms. The van der Waals surface area contributed by atoms with Crippen molar-refractivity contribution in [2.24, 2.45) is 5.10 Å². The Hall–Kier alpha value is -2.30. The van der Waals surface area contributed by atoms with E-state index in [9.17, 15) is 0 Å². The van der Waals surface area contributed by atoms with Crippen molar-refractivity contribution < 1.29 is 4.74 Å². The van der Waals surface area contributed by atoms with E-state index >= 15 is 0 Å². The average molecular weight is 367 g/mol. The minimum absolute atomic E-state index is 0.176. The Morgan fingerprint density at radius 2 is 1.88 bits per heavy atom. The second-order valence-electron chi connectivity index (χ2n) is 6.18. The molecule has 0 fully saturated rings. The number of nitrogens with zero attached hydrogens (tertiary/aromatic N) is 2. The number of hydrogen-bond donors (Lipinski definition) is 0. The molecular formula is C20H15ClN2OS. The molecule has 1 aromatic heterocycles. The smallest absolute Gasteiger partial charge is 0.222 e. The molecule has 5 heteroatoms. The van der Waals surface area contributed by atoms with Crippen molar-refractivity contribution in [1.29, 1.82) is 0 Å². The first-order valence-electron chi connectivity index (χ1n) is 8.20. The van der Waals surface area contributed by atoms with E-state index in [0.29, 0.717) is 0 Å². The molecule has 2 atom stereocenters. The minimum atomic E-state index is -0.176. The van der Waals surface area contributed by atoms with Crippen LogP contribution in [0.1, 0.15) is 34.7 Å². The molecule has 5 rings (SSSR count). The molecule has 0 unspecified atom stereocenters. The van der Waals surface area contributed by atoms with Crippen molar-refractivity contribution in [3.8, 4) is 5.75 Å². The van der Waals surface area contributed by atoms with Gasteiger partial charge in [-0.25, -0.2) is 5.01 Å². The zero-order valence-electron chi connectivity index (χ0n) is 13.3. The van der Waals surface area contributed by atoms with Crippen molar-refractivity contribution >= 4 is 28.6 Å². The maximum Gasteiger partial charge on any atom is 0.222 e. The lowest BCUT2D eigenvalue weighted by atomic mass is 9.96. The molecule has 0 amide bonds. The second kappa shape index (κ2) is 5.90. The zero-order chi connectivity index (χ0) is 16.8. The highest BCUT2D eigenvalue weighted by Crippen LogP contribution is 2.48. The molecule has 0 saturated carbocycles. The molecule has 3 aromatic rings. The summed E-state index contributed by atoms with van der Waals surface area (Å²) in [5, 5.41) is 9.86. The molecule has 3 heterocycles. The molecule has 2 aromatic carbocycles. The fourth-order valence-electron chi connectivity index (χ4n) is 3.47. The van der Waals surface area contributed by atoms with E-state index in [1.807, 2.05) is 36.4 Å². The lowest BCUT2D eigenvalue weighted by Gasteiger charge is -2.37. The number of thiophene rings is 1. The van der Waals surface area contributed by atoms with Crippen molar-refractivity contribution in [2.45, 2.75) is 18.7 Å². The van der Waals surface area contributed by atoms with Gasteiger partial charge < -0.3 is 4.74 Å². The number of hydrogen-bond acceptors (Lipinski definition) is 4. The molecule has 0 bridgehead atoms. The molecule has 2 aliphatic heterocycles. The number of halogens is 1. The van der Waals surface area contributed by atoms with Crippen LogP contribution in [0.5, 0.6) is 5.75 Å². The summed E-state index contributed by atoms with van der Waals surface area (Å²) >= 11 is 7.73. The first kappa shape index (κ1) is 15.0. The highest BCUT2D eigenvalue weighted by atomic mass is 35.5. The number of hydrazone groups is 1. The van der Waals surface area contributed by atoms with Gasteiger partial charge in [0.1, 0.15) is 5.75 Å². The Bertz CT molecular complexity index is 937. The Morgan fingerprint density at radius 1 is 1.04 bits per heavy atom. The molecule has 0 spiro atoms. The Kier molecular flexibility index (Phi) is 3.54. The molecule has 2 aliphatic rings. The van der Waals surface area contributed by atoms with E-state index in [1.54, 1.807) is 11.3 Å². The highest BCUT2D eigenvalue weighted by Gasteiger charge is 2.41. The van der Waals surface area contributed by atoms with Gasteiger partial charge in [0.05, 0.1) is 16.6 Å². The Morgan fingerprint density at radius 3 is 2.68 bits per heavy atom. The highest BCUT2D eigenvalue weighted by molar-refractivity contribution is 7.10. The summed E-state index contributed by atoms with van der Waals surface area (Å²) in [6.07, 6.45) is 0.689. The summed E-state index contributed by atoms with van der Waals surface area (Å²) in [7, 11) is 0. The van der Waals surface area contributed by atoms with E-state index < -0.39 is 0 Å². The number of rotatable bonds is 2. The number of benzene rings is 2. The Balaban J connectivity index is 1.59. The second-order valence-corrected chi connectivity index (χ2v) is 7.59. The lowest BCUT2D eigenvalue weighted by molar-refractivity contribution is -0.0165. The van der Waals surface area contributed by atoms with Crippen molar-refractivity contribution in [1.82, 2.24) is 5.01 Å². The molecule has 0 N–H and O–H groups in total. The third-order valence-electron chi connectivity index (χ3n) is 4.66. The van der Waals surface area contributed by atoms with Crippen LogP contribution in [0.2, 0.25) is 5.02 Å². The van der Waals surface area contributed by atoms with Gasteiger partial charge in [-0.15, -0.1) is 11.3 Å². The number of para-hydroxylation sites is 1. The predicted octanol–water partition coefficient (Wildman–Crippen LogP) is 5.64. The van der Waals surface area contributed by atoms with Crippen molar-refractivity contribution in [3.63, 3.8) is 0 Å². The van der Waals surface area contributed by atoms with Gasteiger partial charge in [0, 0.05) is 17.0 Å². The summed E-state index contributed by atoms with van der Waals surface area (Å²) in [5.74, 6) is 0.953. The van der Waals surface area contributed by atoms with Crippen LogP contribution in [-0.4, -0.2) is 10.7 Å². The fraction of sp³-hybridized carbons (Fsp3) is 0.150. The van der Waals surface area contributed by atoms with E-state index in [1.165, 1.54) is 10.4 Å². The van der Waals surface area contributed by atoms with E-state index in [0.717, 1.165) is 28.5 Å². The van der Waals surface area contributed by atoms with Crippen LogP contribution in [0.3, 0.4) is 0 Å². The maximum atomic E-state index is 6.30. The van der Waals surface area contributed by atoms with E-state index in [-0.39, 0.29) is 12.3 Å². The molecule has 3 nitrogen and oxygen atoms in total. The maximum absolute atomic E-state index is 6.30. The summed E-state index contributed by atoms with van der Waals surface area (Å²) in [6.45, 7) is 0. The van der Waals surface area contributed by atoms with E-state index in [2.05, 4.69) is 34.7 Å². The van der Waals surface area contributed by atoms with Gasteiger partial charge in [-0.05, 0) is 35.2 Å². The minimum Gasteiger partial charge on any atom is -0.464 e. The molecule has 124 valence electrons. The van der Waals surface area contributed by atoms with Gasteiger partial charge in [0.15, 0.2) is 0 Å².